The van der Waals surface area contributed by atoms with Gasteiger partial charge in [0.15, 0.2) is 0 Å². The molecule has 0 spiro atoms. The zero-order valence-corrected chi connectivity index (χ0v) is 14.4. The molecule has 122 valence electrons. The van der Waals surface area contributed by atoms with Gasteiger partial charge in [-0.3, -0.25) is 14.5 Å². The van der Waals surface area contributed by atoms with Gasteiger partial charge < -0.3 is 10.2 Å². The van der Waals surface area contributed by atoms with Gasteiger partial charge in [0.2, 0.25) is 11.8 Å². The van der Waals surface area contributed by atoms with Gasteiger partial charge in [-0.15, -0.1) is 11.3 Å². The van der Waals surface area contributed by atoms with Crippen molar-refractivity contribution < 1.29 is 9.59 Å². The summed E-state index contributed by atoms with van der Waals surface area (Å²) in [6.07, 6.45) is 0.488. The number of carbonyl (C=O) groups is 2. The molecule has 0 unspecified atom stereocenters. The molecule has 2 amide bonds. The van der Waals surface area contributed by atoms with Gasteiger partial charge in [-0.2, -0.15) is 0 Å². The van der Waals surface area contributed by atoms with Gasteiger partial charge in [0.25, 0.3) is 0 Å². The molecule has 1 aliphatic rings. The number of hydrogen-bond donors (Lipinski definition) is 1. The molecular formula is C16H25N3O2S. The minimum atomic E-state index is -0.199. The fourth-order valence-electron chi connectivity index (χ4n) is 2.49. The molecule has 0 bridgehead atoms. The second-order valence-corrected chi connectivity index (χ2v) is 7.74. The Balaban J connectivity index is 1.73. The SMILES string of the molecule is CC(C)(C)NC(=O)CN1CCN(C(=O)Cc2cccs2)CC1. The minimum Gasteiger partial charge on any atom is -0.350 e. The Morgan fingerprint density at radius 1 is 1.23 bits per heavy atom. The third-order valence-electron chi connectivity index (χ3n) is 3.51. The van der Waals surface area contributed by atoms with Crippen molar-refractivity contribution in [3.05, 3.63) is 22.4 Å². The maximum Gasteiger partial charge on any atom is 0.234 e. The number of piperazine rings is 1. The highest BCUT2D eigenvalue weighted by molar-refractivity contribution is 7.10. The maximum absolute atomic E-state index is 12.2. The summed E-state index contributed by atoms with van der Waals surface area (Å²) in [5.41, 5.74) is -0.199. The van der Waals surface area contributed by atoms with Crippen molar-refractivity contribution in [1.29, 1.82) is 0 Å². The van der Waals surface area contributed by atoms with Crippen LogP contribution >= 0.6 is 11.3 Å². The summed E-state index contributed by atoms with van der Waals surface area (Å²) in [4.78, 5) is 29.3. The van der Waals surface area contributed by atoms with Crippen LogP contribution in [0.3, 0.4) is 0 Å². The highest BCUT2D eigenvalue weighted by Gasteiger charge is 2.23. The summed E-state index contributed by atoms with van der Waals surface area (Å²) >= 11 is 1.62. The fraction of sp³-hybridized carbons (Fsp3) is 0.625. The zero-order chi connectivity index (χ0) is 16.2. The second kappa shape index (κ2) is 7.24. The molecule has 0 aromatic carbocycles. The van der Waals surface area contributed by atoms with E-state index in [9.17, 15) is 9.59 Å². The van der Waals surface area contributed by atoms with Crippen LogP contribution in [0.1, 0.15) is 25.6 Å². The van der Waals surface area contributed by atoms with Gasteiger partial charge in [-0.25, -0.2) is 0 Å². The molecule has 1 aliphatic heterocycles. The normalized spacial score (nSPS) is 16.6. The van der Waals surface area contributed by atoms with Crippen molar-refractivity contribution in [2.45, 2.75) is 32.7 Å². The van der Waals surface area contributed by atoms with Crippen LogP contribution in [-0.2, 0) is 16.0 Å². The number of nitrogens with one attached hydrogen (secondary N) is 1. The third kappa shape index (κ3) is 5.42. The zero-order valence-electron chi connectivity index (χ0n) is 13.6. The van der Waals surface area contributed by atoms with E-state index in [4.69, 9.17) is 0 Å². The number of thiophene rings is 1. The molecule has 2 heterocycles. The van der Waals surface area contributed by atoms with Gasteiger partial charge in [-0.1, -0.05) is 6.07 Å². The first-order chi connectivity index (χ1) is 10.3. The summed E-state index contributed by atoms with van der Waals surface area (Å²) in [7, 11) is 0. The standard InChI is InChI=1S/C16H25N3O2S/c1-16(2,3)17-14(20)12-18-6-8-19(9-7-18)15(21)11-13-5-4-10-22-13/h4-5,10H,6-9,11-12H2,1-3H3,(H,17,20). The number of carbonyl (C=O) groups excluding carboxylic acids is 2. The molecule has 0 radical (unpaired) electrons. The van der Waals surface area contributed by atoms with E-state index in [0.29, 0.717) is 26.1 Å². The monoisotopic (exact) mass is 323 g/mol. The number of amides is 2. The topological polar surface area (TPSA) is 52.7 Å². The summed E-state index contributed by atoms with van der Waals surface area (Å²) in [6.45, 7) is 9.26. The van der Waals surface area contributed by atoms with Crippen LogP contribution in [0, 0.1) is 0 Å². The summed E-state index contributed by atoms with van der Waals surface area (Å²) in [6, 6.07) is 3.97. The number of rotatable bonds is 4. The van der Waals surface area contributed by atoms with Crippen LogP contribution in [0.4, 0.5) is 0 Å². The summed E-state index contributed by atoms with van der Waals surface area (Å²) in [5.74, 6) is 0.229. The Morgan fingerprint density at radius 2 is 1.91 bits per heavy atom. The molecule has 0 atom stereocenters. The van der Waals surface area contributed by atoms with Gasteiger partial charge in [0.1, 0.15) is 0 Å². The molecule has 0 saturated carbocycles. The number of hydrogen-bond acceptors (Lipinski definition) is 4. The largest absolute Gasteiger partial charge is 0.350 e. The quantitative estimate of drug-likeness (QED) is 0.910. The predicted molar refractivity (Wildman–Crippen MR) is 88.9 cm³/mol. The Bertz CT molecular complexity index is 500. The Hall–Kier alpha value is -1.40. The van der Waals surface area contributed by atoms with Crippen molar-refractivity contribution in [1.82, 2.24) is 15.1 Å². The van der Waals surface area contributed by atoms with Crippen LogP contribution in [0.2, 0.25) is 0 Å². The first kappa shape index (κ1) is 17.0. The first-order valence-electron chi connectivity index (χ1n) is 7.67. The highest BCUT2D eigenvalue weighted by atomic mass is 32.1. The summed E-state index contributed by atoms with van der Waals surface area (Å²) < 4.78 is 0. The van der Waals surface area contributed by atoms with E-state index < -0.39 is 0 Å². The van der Waals surface area contributed by atoms with Crippen LogP contribution in [0.25, 0.3) is 0 Å². The van der Waals surface area contributed by atoms with Crippen molar-refractivity contribution in [2.75, 3.05) is 32.7 Å². The lowest BCUT2D eigenvalue weighted by Gasteiger charge is -2.35. The molecule has 1 aromatic rings. The fourth-order valence-corrected chi connectivity index (χ4v) is 3.19. The van der Waals surface area contributed by atoms with Crippen molar-refractivity contribution in [3.8, 4) is 0 Å². The van der Waals surface area contributed by atoms with E-state index in [1.165, 1.54) is 0 Å². The van der Waals surface area contributed by atoms with E-state index in [0.717, 1.165) is 18.0 Å². The average molecular weight is 323 g/mol. The van der Waals surface area contributed by atoms with Crippen LogP contribution in [-0.4, -0.2) is 59.9 Å². The lowest BCUT2D eigenvalue weighted by molar-refractivity contribution is -0.132. The van der Waals surface area contributed by atoms with Gasteiger partial charge in [-0.05, 0) is 32.2 Å². The lowest BCUT2D eigenvalue weighted by Crippen LogP contribution is -2.53. The first-order valence-corrected chi connectivity index (χ1v) is 8.55. The van der Waals surface area contributed by atoms with Gasteiger partial charge in [0.05, 0.1) is 13.0 Å². The lowest BCUT2D eigenvalue weighted by atomic mass is 10.1. The summed E-state index contributed by atoms with van der Waals surface area (Å²) in [5, 5.41) is 4.96. The maximum atomic E-state index is 12.2. The minimum absolute atomic E-state index is 0.0471. The Kier molecular flexibility index (Phi) is 5.58. The molecule has 22 heavy (non-hydrogen) atoms. The van der Waals surface area contributed by atoms with Crippen molar-refractivity contribution in [3.63, 3.8) is 0 Å². The van der Waals surface area contributed by atoms with Crippen LogP contribution in [0.5, 0.6) is 0 Å². The van der Waals surface area contributed by atoms with E-state index >= 15 is 0 Å². The smallest absolute Gasteiger partial charge is 0.234 e. The molecule has 0 aliphatic carbocycles. The van der Waals surface area contributed by atoms with E-state index in [2.05, 4.69) is 10.2 Å². The van der Waals surface area contributed by atoms with E-state index in [1.807, 2.05) is 43.2 Å². The van der Waals surface area contributed by atoms with Gasteiger partial charge >= 0.3 is 0 Å². The average Bonchev–Trinajstić information content (AvgIpc) is 2.90. The molecule has 1 aromatic heterocycles. The molecular weight excluding hydrogens is 298 g/mol. The Morgan fingerprint density at radius 3 is 2.45 bits per heavy atom. The van der Waals surface area contributed by atoms with Crippen molar-refractivity contribution >= 4 is 23.2 Å². The molecule has 1 saturated heterocycles. The second-order valence-electron chi connectivity index (χ2n) is 6.71. The molecule has 1 fully saturated rings. The predicted octanol–water partition coefficient (Wildman–Crippen LogP) is 1.35. The highest BCUT2D eigenvalue weighted by Crippen LogP contribution is 2.12. The van der Waals surface area contributed by atoms with E-state index in [1.54, 1.807) is 11.3 Å². The van der Waals surface area contributed by atoms with Crippen LogP contribution < -0.4 is 5.32 Å². The van der Waals surface area contributed by atoms with E-state index in [-0.39, 0.29) is 17.4 Å². The molecule has 1 N–H and O–H groups in total. The molecule has 5 nitrogen and oxygen atoms in total. The molecule has 6 heteroatoms. The molecule has 2 rings (SSSR count). The van der Waals surface area contributed by atoms with Gasteiger partial charge in [0, 0.05) is 36.6 Å². The third-order valence-corrected chi connectivity index (χ3v) is 4.39. The van der Waals surface area contributed by atoms with Crippen molar-refractivity contribution in [2.24, 2.45) is 0 Å². The Labute approximate surface area is 136 Å². The van der Waals surface area contributed by atoms with Crippen LogP contribution in [0.15, 0.2) is 17.5 Å². The number of nitrogens with zero attached hydrogens (tertiary/aromatic N) is 2.